The molecule has 1 N–H and O–H groups in total. The van der Waals surface area contributed by atoms with E-state index in [9.17, 15) is 4.79 Å². The Bertz CT molecular complexity index is 435. The number of nitrogens with zero attached hydrogens (tertiary/aromatic N) is 1. The fraction of sp³-hybridized carbons (Fsp3) is 0.500. The van der Waals surface area contributed by atoms with Gasteiger partial charge in [0.15, 0.2) is 0 Å². The summed E-state index contributed by atoms with van der Waals surface area (Å²) in [7, 11) is 2.10. The van der Waals surface area contributed by atoms with Gasteiger partial charge in [0.1, 0.15) is 0 Å². The standard InChI is InChI=1S/C14H20Br2N2O/c1-10(2)18(3)8-4-7-17-14(19)12-6-5-11(15)9-13(12)16/h5-6,9-10H,4,7-8H2,1-3H3,(H,17,19). The molecule has 0 aliphatic carbocycles. The lowest BCUT2D eigenvalue weighted by Crippen LogP contribution is -2.31. The Morgan fingerprint density at radius 2 is 2.05 bits per heavy atom. The number of hydrogen-bond donors (Lipinski definition) is 1. The molecule has 0 radical (unpaired) electrons. The Balaban J connectivity index is 2.39. The Morgan fingerprint density at radius 3 is 2.63 bits per heavy atom. The van der Waals surface area contributed by atoms with Crippen LogP contribution < -0.4 is 5.32 Å². The van der Waals surface area contributed by atoms with E-state index < -0.39 is 0 Å². The van der Waals surface area contributed by atoms with E-state index in [1.807, 2.05) is 18.2 Å². The number of amides is 1. The zero-order chi connectivity index (χ0) is 14.4. The first-order valence-corrected chi connectivity index (χ1v) is 7.94. The van der Waals surface area contributed by atoms with Gasteiger partial charge in [-0.1, -0.05) is 15.9 Å². The van der Waals surface area contributed by atoms with Gasteiger partial charge < -0.3 is 10.2 Å². The minimum absolute atomic E-state index is 0.0356. The van der Waals surface area contributed by atoms with Crippen molar-refractivity contribution in [2.75, 3.05) is 20.1 Å². The van der Waals surface area contributed by atoms with E-state index in [2.05, 4.69) is 63.0 Å². The van der Waals surface area contributed by atoms with Crippen molar-refractivity contribution >= 4 is 37.8 Å². The van der Waals surface area contributed by atoms with Crippen molar-refractivity contribution in [3.05, 3.63) is 32.7 Å². The van der Waals surface area contributed by atoms with Crippen molar-refractivity contribution in [2.24, 2.45) is 0 Å². The van der Waals surface area contributed by atoms with Crippen molar-refractivity contribution in [1.82, 2.24) is 10.2 Å². The fourth-order valence-electron chi connectivity index (χ4n) is 1.56. The van der Waals surface area contributed by atoms with E-state index >= 15 is 0 Å². The Labute approximate surface area is 132 Å². The molecular formula is C14H20Br2N2O. The maximum Gasteiger partial charge on any atom is 0.252 e. The number of nitrogens with one attached hydrogen (secondary N) is 1. The number of rotatable bonds is 6. The van der Waals surface area contributed by atoms with Crippen molar-refractivity contribution in [3.8, 4) is 0 Å². The van der Waals surface area contributed by atoms with E-state index in [0.29, 0.717) is 18.2 Å². The van der Waals surface area contributed by atoms with Gasteiger partial charge in [-0.25, -0.2) is 0 Å². The molecule has 0 saturated heterocycles. The number of benzene rings is 1. The summed E-state index contributed by atoms with van der Waals surface area (Å²) in [5.41, 5.74) is 0.667. The molecule has 19 heavy (non-hydrogen) atoms. The first-order valence-electron chi connectivity index (χ1n) is 6.35. The summed E-state index contributed by atoms with van der Waals surface area (Å²) in [6.07, 6.45) is 0.953. The number of carbonyl (C=O) groups is 1. The fourth-order valence-corrected chi connectivity index (χ4v) is 2.78. The van der Waals surface area contributed by atoms with E-state index in [-0.39, 0.29) is 5.91 Å². The second-order valence-corrected chi connectivity index (χ2v) is 6.58. The number of halogens is 2. The maximum absolute atomic E-state index is 12.0. The molecule has 0 atom stereocenters. The van der Waals surface area contributed by atoms with Gasteiger partial charge in [0.25, 0.3) is 5.91 Å². The van der Waals surface area contributed by atoms with Crippen LogP contribution >= 0.6 is 31.9 Å². The molecule has 0 aliphatic rings. The molecule has 0 saturated carbocycles. The van der Waals surface area contributed by atoms with Crippen molar-refractivity contribution in [1.29, 1.82) is 0 Å². The van der Waals surface area contributed by atoms with Crippen LogP contribution in [0.25, 0.3) is 0 Å². The summed E-state index contributed by atoms with van der Waals surface area (Å²) in [6.45, 7) is 6.01. The number of hydrogen-bond acceptors (Lipinski definition) is 2. The highest BCUT2D eigenvalue weighted by atomic mass is 79.9. The van der Waals surface area contributed by atoms with Crippen LogP contribution in [0.3, 0.4) is 0 Å². The van der Waals surface area contributed by atoms with Crippen LogP contribution in [0, 0.1) is 0 Å². The molecule has 0 aromatic heterocycles. The molecule has 0 fully saturated rings. The summed E-state index contributed by atoms with van der Waals surface area (Å²) >= 11 is 6.77. The molecule has 0 aliphatic heterocycles. The van der Waals surface area contributed by atoms with Crippen LogP contribution in [0.4, 0.5) is 0 Å². The van der Waals surface area contributed by atoms with Crippen LogP contribution in [0.15, 0.2) is 27.1 Å². The number of carbonyl (C=O) groups excluding carboxylic acids is 1. The van der Waals surface area contributed by atoms with Gasteiger partial charge in [0.2, 0.25) is 0 Å². The average molecular weight is 392 g/mol. The average Bonchev–Trinajstić information content (AvgIpc) is 2.33. The van der Waals surface area contributed by atoms with Crippen molar-refractivity contribution in [3.63, 3.8) is 0 Å². The third-order valence-electron chi connectivity index (χ3n) is 3.03. The minimum atomic E-state index is -0.0356. The van der Waals surface area contributed by atoms with Gasteiger partial charge in [-0.15, -0.1) is 0 Å². The van der Waals surface area contributed by atoms with Gasteiger partial charge in [-0.2, -0.15) is 0 Å². The SMILES string of the molecule is CC(C)N(C)CCCNC(=O)c1ccc(Br)cc1Br. The van der Waals surface area contributed by atoms with Gasteiger partial charge >= 0.3 is 0 Å². The largest absolute Gasteiger partial charge is 0.352 e. The molecule has 1 rings (SSSR count). The molecule has 106 valence electrons. The third kappa shape index (κ3) is 5.63. The van der Waals surface area contributed by atoms with Gasteiger partial charge in [-0.05, 0) is 68.0 Å². The van der Waals surface area contributed by atoms with Gasteiger partial charge in [-0.3, -0.25) is 4.79 Å². The molecule has 1 amide bonds. The van der Waals surface area contributed by atoms with E-state index in [1.54, 1.807) is 0 Å². The van der Waals surface area contributed by atoms with Crippen LogP contribution in [0.1, 0.15) is 30.6 Å². The highest BCUT2D eigenvalue weighted by molar-refractivity contribution is 9.11. The minimum Gasteiger partial charge on any atom is -0.352 e. The van der Waals surface area contributed by atoms with E-state index in [4.69, 9.17) is 0 Å². The second kappa shape index (κ2) is 8.02. The molecule has 0 heterocycles. The van der Waals surface area contributed by atoms with Crippen molar-refractivity contribution < 1.29 is 4.79 Å². The predicted molar refractivity (Wildman–Crippen MR) is 86.6 cm³/mol. The summed E-state index contributed by atoms with van der Waals surface area (Å²) in [5, 5.41) is 2.94. The first kappa shape index (κ1) is 16.7. The molecular weight excluding hydrogens is 372 g/mol. The lowest BCUT2D eigenvalue weighted by molar-refractivity contribution is 0.0951. The molecule has 1 aromatic carbocycles. The molecule has 5 heteroatoms. The lowest BCUT2D eigenvalue weighted by atomic mass is 10.2. The van der Waals surface area contributed by atoms with Crippen LogP contribution in [-0.4, -0.2) is 37.0 Å². The summed E-state index contributed by atoms with van der Waals surface area (Å²) in [4.78, 5) is 14.3. The highest BCUT2D eigenvalue weighted by Gasteiger charge is 2.09. The van der Waals surface area contributed by atoms with E-state index in [1.165, 1.54) is 0 Å². The molecule has 3 nitrogen and oxygen atoms in total. The monoisotopic (exact) mass is 390 g/mol. The smallest absolute Gasteiger partial charge is 0.252 e. The highest BCUT2D eigenvalue weighted by Crippen LogP contribution is 2.21. The Kier molecular flexibility index (Phi) is 7.04. The molecule has 1 aromatic rings. The maximum atomic E-state index is 12.0. The van der Waals surface area contributed by atoms with Crippen LogP contribution in [0.2, 0.25) is 0 Å². The second-order valence-electron chi connectivity index (χ2n) is 4.81. The predicted octanol–water partition coefficient (Wildman–Crippen LogP) is 3.67. The topological polar surface area (TPSA) is 32.3 Å². The summed E-state index contributed by atoms with van der Waals surface area (Å²) < 4.78 is 1.76. The molecule has 0 spiro atoms. The lowest BCUT2D eigenvalue weighted by Gasteiger charge is -2.20. The normalized spacial score (nSPS) is 11.1. The molecule has 0 unspecified atom stereocenters. The van der Waals surface area contributed by atoms with Crippen LogP contribution in [-0.2, 0) is 0 Å². The van der Waals surface area contributed by atoms with Crippen LogP contribution in [0.5, 0.6) is 0 Å². The van der Waals surface area contributed by atoms with E-state index in [0.717, 1.165) is 21.9 Å². The quantitative estimate of drug-likeness (QED) is 0.750. The molecule has 0 bridgehead atoms. The first-order chi connectivity index (χ1) is 8.91. The Morgan fingerprint density at radius 1 is 1.37 bits per heavy atom. The zero-order valence-electron chi connectivity index (χ0n) is 11.5. The van der Waals surface area contributed by atoms with Gasteiger partial charge in [0.05, 0.1) is 5.56 Å². The van der Waals surface area contributed by atoms with Gasteiger partial charge in [0, 0.05) is 21.5 Å². The van der Waals surface area contributed by atoms with Crippen molar-refractivity contribution in [2.45, 2.75) is 26.3 Å². The summed E-state index contributed by atoms with van der Waals surface area (Å²) in [6, 6.07) is 6.09. The summed E-state index contributed by atoms with van der Waals surface area (Å²) in [5.74, 6) is -0.0356. The third-order valence-corrected chi connectivity index (χ3v) is 4.18. The zero-order valence-corrected chi connectivity index (χ0v) is 14.7. The Hall–Kier alpha value is -0.390.